The van der Waals surface area contributed by atoms with Crippen LogP contribution >= 0.6 is 0 Å². The van der Waals surface area contributed by atoms with Crippen molar-refractivity contribution in [3.05, 3.63) is 48.5 Å². The van der Waals surface area contributed by atoms with E-state index < -0.39 is 0 Å². The summed E-state index contributed by atoms with van der Waals surface area (Å²) < 4.78 is 10.7. The molecular weight excluding hydrogens is 370 g/mol. The highest BCUT2D eigenvalue weighted by Crippen LogP contribution is 2.37. The molecule has 7 nitrogen and oxygen atoms in total. The molecule has 3 aliphatic heterocycles. The van der Waals surface area contributed by atoms with Crippen molar-refractivity contribution in [1.29, 1.82) is 0 Å². The summed E-state index contributed by atoms with van der Waals surface area (Å²) in [6.45, 7) is 3.59. The minimum Gasteiger partial charge on any atom is -0.454 e. The van der Waals surface area contributed by atoms with Gasteiger partial charge < -0.3 is 24.2 Å². The Morgan fingerprint density at radius 1 is 0.897 bits per heavy atom. The molecule has 0 aromatic heterocycles. The molecule has 0 N–H and O–H groups in total. The molecule has 5 rings (SSSR count). The van der Waals surface area contributed by atoms with Crippen LogP contribution in [0.4, 0.5) is 11.4 Å². The number of benzene rings is 2. The minimum absolute atomic E-state index is 0.0230. The van der Waals surface area contributed by atoms with Crippen molar-refractivity contribution < 1.29 is 19.1 Å². The van der Waals surface area contributed by atoms with E-state index in [1.165, 1.54) is 5.69 Å². The number of hydrogen-bond donors (Lipinski definition) is 0. The van der Waals surface area contributed by atoms with Crippen molar-refractivity contribution in [2.24, 2.45) is 5.92 Å². The third-order valence-electron chi connectivity index (χ3n) is 5.85. The van der Waals surface area contributed by atoms with Crippen LogP contribution in [0, 0.1) is 5.92 Å². The molecule has 2 aromatic rings. The fraction of sp³-hybridized carbons (Fsp3) is 0.364. The zero-order valence-corrected chi connectivity index (χ0v) is 16.1. The Labute approximate surface area is 169 Å². The maximum absolute atomic E-state index is 13.0. The van der Waals surface area contributed by atoms with Gasteiger partial charge in [0.05, 0.1) is 5.92 Å². The van der Waals surface area contributed by atoms with Gasteiger partial charge >= 0.3 is 0 Å². The second-order valence-corrected chi connectivity index (χ2v) is 7.59. The standard InChI is InChI=1S/C22H23N3O4/c26-21-12-16(14-25(21)18-6-7-19-20(13-18)29-15-28-19)22(27)24-10-8-23(9-11-24)17-4-2-1-3-5-17/h1-7,13,16H,8-12,14-15H2. The lowest BCUT2D eigenvalue weighted by Gasteiger charge is -2.37. The number of carbonyl (C=O) groups is 2. The molecule has 0 saturated carbocycles. The number of piperazine rings is 1. The van der Waals surface area contributed by atoms with Crippen LogP contribution in [-0.2, 0) is 9.59 Å². The highest BCUT2D eigenvalue weighted by molar-refractivity contribution is 6.00. The van der Waals surface area contributed by atoms with E-state index in [2.05, 4.69) is 17.0 Å². The summed E-state index contributed by atoms with van der Waals surface area (Å²) in [5.41, 5.74) is 1.94. The van der Waals surface area contributed by atoms with Gasteiger partial charge in [-0.25, -0.2) is 0 Å². The smallest absolute Gasteiger partial charge is 0.231 e. The molecule has 3 heterocycles. The first-order chi connectivity index (χ1) is 14.2. The fourth-order valence-electron chi connectivity index (χ4n) is 4.26. The number of amides is 2. The van der Waals surface area contributed by atoms with Crippen molar-refractivity contribution in [3.8, 4) is 11.5 Å². The molecule has 7 heteroatoms. The van der Waals surface area contributed by atoms with Crippen LogP contribution in [-0.4, -0.2) is 56.2 Å². The molecule has 0 spiro atoms. The van der Waals surface area contributed by atoms with Crippen LogP contribution in [0.5, 0.6) is 11.5 Å². The van der Waals surface area contributed by atoms with E-state index >= 15 is 0 Å². The molecule has 1 unspecified atom stereocenters. The lowest BCUT2D eigenvalue weighted by atomic mass is 10.1. The van der Waals surface area contributed by atoms with E-state index in [1.807, 2.05) is 41.3 Å². The van der Waals surface area contributed by atoms with Crippen LogP contribution in [0.3, 0.4) is 0 Å². The largest absolute Gasteiger partial charge is 0.454 e. The first-order valence-corrected chi connectivity index (χ1v) is 9.98. The number of rotatable bonds is 3. The highest BCUT2D eigenvalue weighted by Gasteiger charge is 2.38. The number of anilines is 2. The highest BCUT2D eigenvalue weighted by atomic mass is 16.7. The quantitative estimate of drug-likeness (QED) is 0.799. The maximum atomic E-state index is 13.0. The summed E-state index contributed by atoms with van der Waals surface area (Å²) in [6.07, 6.45) is 0.256. The molecule has 150 valence electrons. The summed E-state index contributed by atoms with van der Waals surface area (Å²) >= 11 is 0. The van der Waals surface area contributed by atoms with Gasteiger partial charge in [-0.05, 0) is 24.3 Å². The Balaban J connectivity index is 1.22. The van der Waals surface area contributed by atoms with Gasteiger partial charge in [0.15, 0.2) is 11.5 Å². The zero-order valence-electron chi connectivity index (χ0n) is 16.1. The Bertz CT molecular complexity index is 925. The maximum Gasteiger partial charge on any atom is 0.231 e. The summed E-state index contributed by atoms with van der Waals surface area (Å²) in [6, 6.07) is 15.7. The van der Waals surface area contributed by atoms with Gasteiger partial charge in [0, 0.05) is 56.6 Å². The number of carbonyl (C=O) groups excluding carboxylic acids is 2. The number of fused-ring (bicyclic) bond motifs is 1. The third-order valence-corrected chi connectivity index (χ3v) is 5.85. The van der Waals surface area contributed by atoms with Crippen LogP contribution in [0.1, 0.15) is 6.42 Å². The van der Waals surface area contributed by atoms with Crippen molar-refractivity contribution in [1.82, 2.24) is 4.90 Å². The molecule has 2 fully saturated rings. The van der Waals surface area contributed by atoms with E-state index in [1.54, 1.807) is 4.90 Å². The Morgan fingerprint density at radius 3 is 2.45 bits per heavy atom. The molecule has 1 atom stereocenters. The van der Waals surface area contributed by atoms with E-state index in [4.69, 9.17) is 9.47 Å². The number of nitrogens with zero attached hydrogens (tertiary/aromatic N) is 3. The van der Waals surface area contributed by atoms with Gasteiger partial charge in [-0.1, -0.05) is 18.2 Å². The Morgan fingerprint density at radius 2 is 1.66 bits per heavy atom. The molecule has 3 aliphatic rings. The summed E-state index contributed by atoms with van der Waals surface area (Å²) in [5.74, 6) is 1.09. The number of ether oxygens (including phenoxy) is 2. The van der Waals surface area contributed by atoms with Crippen LogP contribution in [0.25, 0.3) is 0 Å². The first kappa shape index (κ1) is 17.8. The second kappa shape index (κ2) is 7.31. The van der Waals surface area contributed by atoms with Gasteiger partial charge in [-0.2, -0.15) is 0 Å². The summed E-state index contributed by atoms with van der Waals surface area (Å²) in [4.78, 5) is 31.5. The summed E-state index contributed by atoms with van der Waals surface area (Å²) in [7, 11) is 0. The molecular formula is C22H23N3O4. The molecule has 0 radical (unpaired) electrons. The molecule has 2 amide bonds. The van der Waals surface area contributed by atoms with E-state index in [0.29, 0.717) is 31.1 Å². The lowest BCUT2D eigenvalue weighted by Crippen LogP contribution is -2.50. The van der Waals surface area contributed by atoms with Crippen LogP contribution in [0.2, 0.25) is 0 Å². The summed E-state index contributed by atoms with van der Waals surface area (Å²) in [5, 5.41) is 0. The normalized spacial score (nSPS) is 21.0. The van der Waals surface area contributed by atoms with E-state index in [9.17, 15) is 9.59 Å². The van der Waals surface area contributed by atoms with Crippen molar-refractivity contribution >= 4 is 23.2 Å². The van der Waals surface area contributed by atoms with Gasteiger partial charge in [0.2, 0.25) is 18.6 Å². The topological polar surface area (TPSA) is 62.3 Å². The Hall–Kier alpha value is -3.22. The average molecular weight is 393 g/mol. The zero-order chi connectivity index (χ0) is 19.8. The monoisotopic (exact) mass is 393 g/mol. The van der Waals surface area contributed by atoms with Gasteiger partial charge in [0.25, 0.3) is 0 Å². The molecule has 0 aliphatic carbocycles. The molecule has 2 aromatic carbocycles. The van der Waals surface area contributed by atoms with Gasteiger partial charge in [0.1, 0.15) is 0 Å². The van der Waals surface area contributed by atoms with Crippen molar-refractivity contribution in [2.75, 3.05) is 49.3 Å². The van der Waals surface area contributed by atoms with Crippen molar-refractivity contribution in [2.45, 2.75) is 6.42 Å². The average Bonchev–Trinajstić information content (AvgIpc) is 3.40. The minimum atomic E-state index is -0.295. The number of para-hydroxylation sites is 1. The SMILES string of the molecule is O=C(C1CC(=O)N(c2ccc3c(c2)OCO3)C1)N1CCN(c2ccccc2)CC1. The van der Waals surface area contributed by atoms with E-state index in [0.717, 1.165) is 18.8 Å². The van der Waals surface area contributed by atoms with Crippen LogP contribution < -0.4 is 19.3 Å². The van der Waals surface area contributed by atoms with Gasteiger partial charge in [-0.15, -0.1) is 0 Å². The second-order valence-electron chi connectivity index (χ2n) is 7.59. The van der Waals surface area contributed by atoms with Crippen LogP contribution in [0.15, 0.2) is 48.5 Å². The fourth-order valence-corrected chi connectivity index (χ4v) is 4.26. The molecule has 2 saturated heterocycles. The predicted molar refractivity (Wildman–Crippen MR) is 108 cm³/mol. The predicted octanol–water partition coefficient (Wildman–Crippen LogP) is 2.12. The van der Waals surface area contributed by atoms with E-state index in [-0.39, 0.29) is 30.9 Å². The first-order valence-electron chi connectivity index (χ1n) is 9.98. The number of hydrogen-bond acceptors (Lipinski definition) is 5. The Kier molecular flexibility index (Phi) is 4.50. The van der Waals surface area contributed by atoms with Gasteiger partial charge in [-0.3, -0.25) is 9.59 Å². The lowest BCUT2D eigenvalue weighted by molar-refractivity contribution is -0.136. The molecule has 29 heavy (non-hydrogen) atoms. The van der Waals surface area contributed by atoms with Crippen molar-refractivity contribution in [3.63, 3.8) is 0 Å². The molecule has 0 bridgehead atoms. The third kappa shape index (κ3) is 3.37.